The molecule has 1 aromatic carbocycles. The van der Waals surface area contributed by atoms with Gasteiger partial charge in [0, 0.05) is 4.88 Å². The summed E-state index contributed by atoms with van der Waals surface area (Å²) in [6.45, 7) is 8.44. The quantitative estimate of drug-likeness (QED) is 0.877. The number of hydrogen-bond acceptors (Lipinski definition) is 3. The van der Waals surface area contributed by atoms with Crippen LogP contribution in [0, 0.1) is 27.7 Å². The van der Waals surface area contributed by atoms with Gasteiger partial charge in [0.05, 0.1) is 12.1 Å². The topological polar surface area (TPSA) is 35.2 Å². The van der Waals surface area contributed by atoms with Gasteiger partial charge in [0.2, 0.25) is 0 Å². The molecule has 96 valence electrons. The van der Waals surface area contributed by atoms with E-state index in [4.69, 9.17) is 10.5 Å². The van der Waals surface area contributed by atoms with E-state index in [9.17, 15) is 0 Å². The number of aryl methyl sites for hydroxylation is 2. The lowest BCUT2D eigenvalue weighted by atomic mass is 9.94. The predicted molar refractivity (Wildman–Crippen MR) is 79.7 cm³/mol. The molecule has 3 heteroatoms. The molecular formula is C15H19NOS. The summed E-state index contributed by atoms with van der Waals surface area (Å²) in [6.07, 6.45) is 0. The smallest absolute Gasteiger partial charge is 0.124 e. The molecule has 0 bridgehead atoms. The fourth-order valence-electron chi connectivity index (χ4n) is 2.42. The third-order valence-corrected chi connectivity index (χ3v) is 4.34. The van der Waals surface area contributed by atoms with Crippen molar-refractivity contribution < 1.29 is 4.74 Å². The molecule has 2 nitrogen and oxygen atoms in total. The molecule has 2 N–H and O–H groups in total. The van der Waals surface area contributed by atoms with Crippen molar-refractivity contribution in [3.8, 4) is 16.9 Å². The van der Waals surface area contributed by atoms with Gasteiger partial charge in [-0.3, -0.25) is 0 Å². The molecule has 0 amide bonds. The van der Waals surface area contributed by atoms with Crippen LogP contribution in [0.2, 0.25) is 0 Å². The molecule has 0 radical (unpaired) electrons. The van der Waals surface area contributed by atoms with E-state index in [1.54, 1.807) is 18.4 Å². The largest absolute Gasteiger partial charge is 0.496 e. The summed E-state index contributed by atoms with van der Waals surface area (Å²) in [7, 11) is 1.72. The van der Waals surface area contributed by atoms with Gasteiger partial charge < -0.3 is 10.5 Å². The predicted octanol–water partition coefficient (Wildman–Crippen LogP) is 4.24. The molecule has 0 unspecified atom stereocenters. The summed E-state index contributed by atoms with van der Waals surface area (Å²) in [6, 6.07) is 4.25. The van der Waals surface area contributed by atoms with Crippen LogP contribution in [0.5, 0.6) is 5.75 Å². The van der Waals surface area contributed by atoms with Crippen molar-refractivity contribution in [2.24, 2.45) is 0 Å². The number of anilines is 1. The lowest BCUT2D eigenvalue weighted by Gasteiger charge is -2.15. The van der Waals surface area contributed by atoms with E-state index in [1.807, 2.05) is 0 Å². The van der Waals surface area contributed by atoms with Crippen LogP contribution < -0.4 is 10.5 Å². The van der Waals surface area contributed by atoms with E-state index >= 15 is 0 Å². The fraction of sp³-hybridized carbons (Fsp3) is 0.333. The second-order valence-electron chi connectivity index (χ2n) is 4.64. The summed E-state index contributed by atoms with van der Waals surface area (Å²) in [4.78, 5) is 1.26. The number of benzene rings is 1. The standard InChI is InChI=1S/C15H19NOS/c1-8-6-12(9(2)10(3)15(8)17-5)13-7-14(16)18-11(13)4/h6-7H,16H2,1-5H3. The van der Waals surface area contributed by atoms with Crippen LogP contribution in [0.25, 0.3) is 11.1 Å². The Morgan fingerprint density at radius 1 is 1.00 bits per heavy atom. The Kier molecular flexibility index (Phi) is 3.35. The normalized spacial score (nSPS) is 10.7. The van der Waals surface area contributed by atoms with Gasteiger partial charge >= 0.3 is 0 Å². The first kappa shape index (κ1) is 13.0. The van der Waals surface area contributed by atoms with Crippen LogP contribution in [0.4, 0.5) is 5.00 Å². The molecule has 1 aromatic heterocycles. The first-order valence-electron chi connectivity index (χ1n) is 5.96. The lowest BCUT2D eigenvalue weighted by Crippen LogP contribution is -1.96. The number of ether oxygens (including phenoxy) is 1. The second-order valence-corrected chi connectivity index (χ2v) is 5.93. The lowest BCUT2D eigenvalue weighted by molar-refractivity contribution is 0.408. The van der Waals surface area contributed by atoms with Crippen LogP contribution in [-0.4, -0.2) is 7.11 Å². The number of hydrogen-bond donors (Lipinski definition) is 1. The van der Waals surface area contributed by atoms with E-state index in [-0.39, 0.29) is 0 Å². The highest BCUT2D eigenvalue weighted by atomic mass is 32.1. The molecule has 0 spiro atoms. The molecule has 0 aliphatic carbocycles. The molecule has 1 heterocycles. The van der Waals surface area contributed by atoms with Gasteiger partial charge in [-0.15, -0.1) is 11.3 Å². The van der Waals surface area contributed by atoms with Gasteiger partial charge in [0.15, 0.2) is 0 Å². The Bertz CT molecular complexity index is 599. The van der Waals surface area contributed by atoms with E-state index in [0.717, 1.165) is 10.8 Å². The maximum atomic E-state index is 5.89. The van der Waals surface area contributed by atoms with Crippen molar-refractivity contribution in [1.82, 2.24) is 0 Å². The zero-order chi connectivity index (χ0) is 13.4. The SMILES string of the molecule is COc1c(C)cc(-c2cc(N)sc2C)c(C)c1C. The highest BCUT2D eigenvalue weighted by molar-refractivity contribution is 7.16. The highest BCUT2D eigenvalue weighted by Gasteiger charge is 2.14. The molecule has 0 atom stereocenters. The molecule has 0 aliphatic heterocycles. The first-order valence-corrected chi connectivity index (χ1v) is 6.78. The van der Waals surface area contributed by atoms with Crippen LogP contribution >= 0.6 is 11.3 Å². The van der Waals surface area contributed by atoms with Crippen molar-refractivity contribution in [3.05, 3.63) is 33.7 Å². The van der Waals surface area contributed by atoms with Gasteiger partial charge in [0.1, 0.15) is 5.75 Å². The van der Waals surface area contributed by atoms with Crippen LogP contribution in [0.1, 0.15) is 21.6 Å². The first-order chi connectivity index (χ1) is 8.45. The molecular weight excluding hydrogens is 242 g/mol. The average molecular weight is 261 g/mol. The number of methoxy groups -OCH3 is 1. The van der Waals surface area contributed by atoms with Gasteiger partial charge in [0.25, 0.3) is 0 Å². The highest BCUT2D eigenvalue weighted by Crippen LogP contribution is 2.38. The number of rotatable bonds is 2. The number of nitrogens with two attached hydrogens (primary N) is 1. The Morgan fingerprint density at radius 2 is 1.67 bits per heavy atom. The minimum Gasteiger partial charge on any atom is -0.496 e. The Morgan fingerprint density at radius 3 is 2.17 bits per heavy atom. The zero-order valence-electron chi connectivity index (χ0n) is 11.5. The van der Waals surface area contributed by atoms with E-state index < -0.39 is 0 Å². The molecule has 0 saturated heterocycles. The molecule has 2 rings (SSSR count). The minimum absolute atomic E-state index is 0.869. The van der Waals surface area contributed by atoms with E-state index in [1.165, 1.54) is 32.7 Å². The minimum atomic E-state index is 0.869. The maximum Gasteiger partial charge on any atom is 0.124 e. The van der Waals surface area contributed by atoms with Gasteiger partial charge in [-0.05, 0) is 67.6 Å². The van der Waals surface area contributed by atoms with E-state index in [2.05, 4.69) is 39.8 Å². The maximum absolute atomic E-state index is 5.89. The summed E-state index contributed by atoms with van der Waals surface area (Å²) in [5, 5.41) is 0.869. The van der Waals surface area contributed by atoms with Crippen LogP contribution in [-0.2, 0) is 0 Å². The fourth-order valence-corrected chi connectivity index (χ4v) is 3.23. The zero-order valence-corrected chi connectivity index (χ0v) is 12.4. The van der Waals surface area contributed by atoms with Crippen LogP contribution in [0.3, 0.4) is 0 Å². The van der Waals surface area contributed by atoms with Crippen molar-refractivity contribution in [2.75, 3.05) is 12.8 Å². The van der Waals surface area contributed by atoms with Gasteiger partial charge in [-0.2, -0.15) is 0 Å². The average Bonchev–Trinajstić information content (AvgIpc) is 2.64. The molecule has 0 fully saturated rings. The van der Waals surface area contributed by atoms with Crippen molar-refractivity contribution in [1.29, 1.82) is 0 Å². The summed E-state index contributed by atoms with van der Waals surface area (Å²) in [5.41, 5.74) is 12.0. The molecule has 2 aromatic rings. The molecule has 0 saturated carbocycles. The van der Waals surface area contributed by atoms with Gasteiger partial charge in [-0.1, -0.05) is 0 Å². The van der Waals surface area contributed by atoms with Crippen molar-refractivity contribution in [2.45, 2.75) is 27.7 Å². The third-order valence-electron chi connectivity index (χ3n) is 3.46. The van der Waals surface area contributed by atoms with Crippen LogP contribution in [0.15, 0.2) is 12.1 Å². The van der Waals surface area contributed by atoms with E-state index in [0.29, 0.717) is 0 Å². The van der Waals surface area contributed by atoms with Crippen molar-refractivity contribution >= 4 is 16.3 Å². The number of thiophene rings is 1. The summed E-state index contributed by atoms with van der Waals surface area (Å²) in [5.74, 6) is 0.983. The summed E-state index contributed by atoms with van der Waals surface area (Å²) >= 11 is 1.64. The summed E-state index contributed by atoms with van der Waals surface area (Å²) < 4.78 is 5.46. The third kappa shape index (κ3) is 1.99. The Balaban J connectivity index is 2.70. The Labute approximate surface area is 112 Å². The number of nitrogen functional groups attached to an aromatic ring is 1. The monoisotopic (exact) mass is 261 g/mol. The van der Waals surface area contributed by atoms with Crippen molar-refractivity contribution in [3.63, 3.8) is 0 Å². The van der Waals surface area contributed by atoms with Gasteiger partial charge in [-0.25, -0.2) is 0 Å². The Hall–Kier alpha value is -1.48. The second kappa shape index (κ2) is 4.65. The molecule has 18 heavy (non-hydrogen) atoms. The molecule has 0 aliphatic rings.